The summed E-state index contributed by atoms with van der Waals surface area (Å²) in [6.07, 6.45) is -1.75. The molecule has 0 spiro atoms. The molecule has 1 aliphatic heterocycles. The Bertz CT molecular complexity index is 552. The van der Waals surface area contributed by atoms with Crippen molar-refractivity contribution in [2.45, 2.75) is 63.8 Å². The molecule has 24 heavy (non-hydrogen) atoms. The Morgan fingerprint density at radius 3 is 2.46 bits per heavy atom. The first kappa shape index (κ1) is 19.1. The highest BCUT2D eigenvalue weighted by Gasteiger charge is 2.45. The Morgan fingerprint density at radius 1 is 1.25 bits per heavy atom. The van der Waals surface area contributed by atoms with Crippen LogP contribution in [0.1, 0.15) is 37.6 Å². The summed E-state index contributed by atoms with van der Waals surface area (Å²) < 4.78 is 17.3. The average molecular weight is 353 g/mol. The minimum atomic E-state index is -2.14. The van der Waals surface area contributed by atoms with Crippen molar-refractivity contribution in [3.8, 4) is 0 Å². The van der Waals surface area contributed by atoms with Gasteiger partial charge < -0.3 is 19.0 Å². The summed E-state index contributed by atoms with van der Waals surface area (Å²) >= 11 is 0. The summed E-state index contributed by atoms with van der Waals surface area (Å²) in [7, 11) is -2.14. The lowest BCUT2D eigenvalue weighted by Crippen LogP contribution is -2.55. The summed E-state index contributed by atoms with van der Waals surface area (Å²) in [6.45, 7) is 10.9. The van der Waals surface area contributed by atoms with Crippen LogP contribution >= 0.6 is 0 Å². The Hall–Kier alpha value is -1.21. The first-order chi connectivity index (χ1) is 11.1. The zero-order chi connectivity index (χ0) is 18.0. The maximum atomic E-state index is 12.3. The molecule has 1 aromatic carbocycles. The SMILES string of the molecule is CC(C)(C)[Si](C)(C)O[C@@H]1[C@H](O)OCC[C@H]1OC(=O)c1ccccc1. The minimum Gasteiger partial charge on any atom is -0.456 e. The molecule has 0 radical (unpaired) electrons. The van der Waals surface area contributed by atoms with Crippen molar-refractivity contribution in [1.29, 1.82) is 0 Å². The molecule has 3 atom stereocenters. The molecule has 1 fully saturated rings. The van der Waals surface area contributed by atoms with E-state index in [0.717, 1.165) is 0 Å². The van der Waals surface area contributed by atoms with Gasteiger partial charge in [0.1, 0.15) is 12.2 Å². The molecule has 1 heterocycles. The molecule has 1 aromatic rings. The fourth-order valence-corrected chi connectivity index (χ4v) is 3.61. The molecule has 0 aromatic heterocycles. The lowest BCUT2D eigenvalue weighted by molar-refractivity contribution is -0.214. The summed E-state index contributed by atoms with van der Waals surface area (Å²) in [4.78, 5) is 12.3. The van der Waals surface area contributed by atoms with E-state index in [9.17, 15) is 9.90 Å². The van der Waals surface area contributed by atoms with Crippen molar-refractivity contribution < 1.29 is 23.8 Å². The lowest BCUT2D eigenvalue weighted by Gasteiger charge is -2.43. The van der Waals surface area contributed by atoms with E-state index >= 15 is 0 Å². The lowest BCUT2D eigenvalue weighted by atomic mass is 10.1. The quantitative estimate of drug-likeness (QED) is 0.665. The van der Waals surface area contributed by atoms with E-state index in [1.165, 1.54) is 0 Å². The van der Waals surface area contributed by atoms with E-state index in [4.69, 9.17) is 13.9 Å². The molecule has 1 aliphatic rings. The van der Waals surface area contributed by atoms with Crippen LogP contribution in [0, 0.1) is 0 Å². The average Bonchev–Trinajstić information content (AvgIpc) is 2.50. The molecule has 0 bridgehead atoms. The molecular weight excluding hydrogens is 324 g/mol. The topological polar surface area (TPSA) is 65.0 Å². The maximum Gasteiger partial charge on any atom is 0.338 e. The first-order valence-corrected chi connectivity index (χ1v) is 11.3. The van der Waals surface area contributed by atoms with Crippen LogP contribution in [0.5, 0.6) is 0 Å². The molecule has 0 aliphatic carbocycles. The van der Waals surface area contributed by atoms with Gasteiger partial charge in [-0.1, -0.05) is 39.0 Å². The van der Waals surface area contributed by atoms with Gasteiger partial charge in [0.25, 0.3) is 0 Å². The number of benzene rings is 1. The van der Waals surface area contributed by atoms with Crippen LogP contribution in [0.25, 0.3) is 0 Å². The van der Waals surface area contributed by atoms with Gasteiger partial charge in [-0.15, -0.1) is 0 Å². The zero-order valence-corrected chi connectivity index (χ0v) is 16.1. The smallest absolute Gasteiger partial charge is 0.338 e. The molecule has 0 amide bonds. The second kappa shape index (κ2) is 7.35. The maximum absolute atomic E-state index is 12.3. The third-order valence-corrected chi connectivity index (χ3v) is 9.32. The summed E-state index contributed by atoms with van der Waals surface area (Å²) in [5, 5.41) is 10.2. The molecule has 5 nitrogen and oxygen atoms in total. The summed E-state index contributed by atoms with van der Waals surface area (Å²) in [5.74, 6) is -0.404. The number of carbonyl (C=O) groups is 1. The van der Waals surface area contributed by atoms with Crippen molar-refractivity contribution in [2.75, 3.05) is 6.61 Å². The standard InChI is InChI=1S/C18H28O5Si/c1-18(2,3)24(4,5)23-15-14(11-12-21-17(15)20)22-16(19)13-9-7-6-8-10-13/h6-10,14-15,17,20H,11-12H2,1-5H3/t14-,15+,17-/m1/s1. The predicted octanol–water partition coefficient (Wildman–Crippen LogP) is 3.34. The van der Waals surface area contributed by atoms with E-state index < -0.39 is 32.8 Å². The molecule has 2 rings (SSSR count). The monoisotopic (exact) mass is 352 g/mol. The van der Waals surface area contributed by atoms with E-state index in [1.54, 1.807) is 24.3 Å². The molecule has 6 heteroatoms. The number of aliphatic hydroxyl groups excluding tert-OH is 1. The Kier molecular flexibility index (Phi) is 5.85. The van der Waals surface area contributed by atoms with Crippen LogP contribution in [0.15, 0.2) is 30.3 Å². The fraction of sp³-hybridized carbons (Fsp3) is 0.611. The highest BCUT2D eigenvalue weighted by atomic mass is 28.4. The van der Waals surface area contributed by atoms with Crippen LogP contribution in [0.4, 0.5) is 0 Å². The van der Waals surface area contributed by atoms with Gasteiger partial charge in [-0.2, -0.15) is 0 Å². The Balaban J connectivity index is 2.13. The summed E-state index contributed by atoms with van der Waals surface area (Å²) in [5.41, 5.74) is 0.490. The predicted molar refractivity (Wildman–Crippen MR) is 94.3 cm³/mol. The van der Waals surface area contributed by atoms with Crippen LogP contribution in [-0.4, -0.2) is 44.5 Å². The van der Waals surface area contributed by atoms with E-state index in [0.29, 0.717) is 18.6 Å². The van der Waals surface area contributed by atoms with Gasteiger partial charge >= 0.3 is 5.97 Å². The Labute approximate surface area is 145 Å². The fourth-order valence-electron chi connectivity index (χ4n) is 2.30. The van der Waals surface area contributed by atoms with Crippen molar-refractivity contribution in [1.82, 2.24) is 0 Å². The van der Waals surface area contributed by atoms with Gasteiger partial charge in [0.2, 0.25) is 0 Å². The number of aliphatic hydroxyl groups is 1. The van der Waals surface area contributed by atoms with Crippen LogP contribution < -0.4 is 0 Å². The third kappa shape index (κ3) is 4.45. The van der Waals surface area contributed by atoms with Crippen molar-refractivity contribution in [3.05, 3.63) is 35.9 Å². The molecule has 0 unspecified atom stereocenters. The van der Waals surface area contributed by atoms with E-state index in [1.807, 2.05) is 6.07 Å². The van der Waals surface area contributed by atoms with E-state index in [2.05, 4.69) is 33.9 Å². The van der Waals surface area contributed by atoms with Crippen molar-refractivity contribution in [3.63, 3.8) is 0 Å². The molecule has 1 saturated heterocycles. The molecular formula is C18H28O5Si. The Morgan fingerprint density at radius 2 is 1.88 bits per heavy atom. The summed E-state index contributed by atoms with van der Waals surface area (Å²) in [6, 6.07) is 8.85. The van der Waals surface area contributed by atoms with Gasteiger partial charge in [0, 0.05) is 6.42 Å². The van der Waals surface area contributed by atoms with Crippen LogP contribution in [0.3, 0.4) is 0 Å². The number of hydrogen-bond acceptors (Lipinski definition) is 5. The minimum absolute atomic E-state index is 0.0157. The number of esters is 1. The van der Waals surface area contributed by atoms with Crippen molar-refractivity contribution >= 4 is 14.3 Å². The molecule has 1 N–H and O–H groups in total. The van der Waals surface area contributed by atoms with Crippen molar-refractivity contribution in [2.24, 2.45) is 0 Å². The first-order valence-electron chi connectivity index (χ1n) is 8.35. The third-order valence-electron chi connectivity index (χ3n) is 4.84. The van der Waals surface area contributed by atoms with Gasteiger partial charge in [0.15, 0.2) is 14.6 Å². The number of carbonyl (C=O) groups excluding carboxylic acids is 1. The van der Waals surface area contributed by atoms with Gasteiger partial charge in [0.05, 0.1) is 12.2 Å². The highest BCUT2D eigenvalue weighted by Crippen LogP contribution is 2.39. The number of hydrogen-bond donors (Lipinski definition) is 1. The normalized spacial score (nSPS) is 25.3. The van der Waals surface area contributed by atoms with E-state index in [-0.39, 0.29) is 5.04 Å². The highest BCUT2D eigenvalue weighted by molar-refractivity contribution is 6.74. The van der Waals surface area contributed by atoms with Crippen LogP contribution in [0.2, 0.25) is 18.1 Å². The zero-order valence-electron chi connectivity index (χ0n) is 15.1. The number of ether oxygens (including phenoxy) is 2. The number of rotatable bonds is 4. The van der Waals surface area contributed by atoms with Gasteiger partial charge in [-0.25, -0.2) is 4.79 Å². The van der Waals surface area contributed by atoms with Crippen LogP contribution in [-0.2, 0) is 13.9 Å². The second-order valence-corrected chi connectivity index (χ2v) is 12.5. The largest absolute Gasteiger partial charge is 0.456 e. The van der Waals surface area contributed by atoms with Gasteiger partial charge in [-0.05, 0) is 30.3 Å². The molecule has 134 valence electrons. The second-order valence-electron chi connectivity index (χ2n) is 7.70. The molecule has 0 saturated carbocycles. The van der Waals surface area contributed by atoms with Gasteiger partial charge in [-0.3, -0.25) is 0 Å².